The maximum atomic E-state index is 11.5. The first-order valence-electron chi connectivity index (χ1n) is 7.65. The van der Waals surface area contributed by atoms with Crippen molar-refractivity contribution in [1.29, 1.82) is 0 Å². The number of carbonyl (C=O) groups excluding carboxylic acids is 1. The van der Waals surface area contributed by atoms with E-state index in [4.69, 9.17) is 15.2 Å². The lowest BCUT2D eigenvalue weighted by molar-refractivity contribution is -0.124. The van der Waals surface area contributed by atoms with E-state index < -0.39 is 5.54 Å². The number of primary amides is 1. The summed E-state index contributed by atoms with van der Waals surface area (Å²) in [5, 5.41) is 3.23. The maximum Gasteiger partial charge on any atom is 0.237 e. The fourth-order valence-electron chi connectivity index (χ4n) is 2.00. The number of amides is 1. The molecule has 3 N–H and O–H groups in total. The molecule has 5 heteroatoms. The molecule has 20 heavy (non-hydrogen) atoms. The largest absolute Gasteiger partial charge is 0.379 e. The van der Waals surface area contributed by atoms with E-state index in [0.717, 1.165) is 25.9 Å². The maximum absolute atomic E-state index is 11.5. The summed E-state index contributed by atoms with van der Waals surface area (Å²) >= 11 is 0. The highest BCUT2D eigenvalue weighted by Crippen LogP contribution is 2.13. The second-order valence-corrected chi connectivity index (χ2v) is 5.68. The molecule has 0 aliphatic rings. The molecule has 0 aliphatic heterocycles. The van der Waals surface area contributed by atoms with Crippen molar-refractivity contribution in [2.75, 3.05) is 26.4 Å². The highest BCUT2D eigenvalue weighted by atomic mass is 16.5. The van der Waals surface area contributed by atoms with Crippen molar-refractivity contribution in [3.63, 3.8) is 0 Å². The summed E-state index contributed by atoms with van der Waals surface area (Å²) < 4.78 is 10.9. The van der Waals surface area contributed by atoms with Crippen molar-refractivity contribution in [2.24, 2.45) is 5.73 Å². The molecular weight excluding hydrogens is 256 g/mol. The molecule has 0 saturated heterocycles. The Kier molecular flexibility index (Phi) is 10.7. The number of ether oxygens (including phenoxy) is 2. The van der Waals surface area contributed by atoms with Crippen molar-refractivity contribution in [1.82, 2.24) is 5.32 Å². The zero-order valence-corrected chi connectivity index (χ0v) is 13.5. The van der Waals surface area contributed by atoms with E-state index >= 15 is 0 Å². The average Bonchev–Trinajstić information content (AvgIpc) is 2.35. The Bertz CT molecular complexity index is 260. The molecule has 1 atom stereocenters. The topological polar surface area (TPSA) is 73.6 Å². The lowest BCUT2D eigenvalue weighted by Crippen LogP contribution is -2.55. The van der Waals surface area contributed by atoms with Gasteiger partial charge in [0.2, 0.25) is 5.91 Å². The highest BCUT2D eigenvalue weighted by molar-refractivity contribution is 5.84. The average molecular weight is 288 g/mol. The lowest BCUT2D eigenvalue weighted by Gasteiger charge is -2.29. The van der Waals surface area contributed by atoms with Crippen LogP contribution in [-0.4, -0.2) is 43.9 Å². The molecule has 0 spiro atoms. The number of carbonyl (C=O) groups is 1. The number of nitrogens with two attached hydrogens (primary N) is 1. The molecule has 0 radical (unpaired) electrons. The molecule has 0 aromatic carbocycles. The molecule has 1 unspecified atom stereocenters. The minimum absolute atomic E-state index is 0.223. The Balaban J connectivity index is 3.67. The molecule has 0 aromatic rings. The van der Waals surface area contributed by atoms with Crippen molar-refractivity contribution < 1.29 is 14.3 Å². The van der Waals surface area contributed by atoms with Gasteiger partial charge in [-0.15, -0.1) is 0 Å². The Labute approximate surface area is 123 Å². The van der Waals surface area contributed by atoms with Gasteiger partial charge in [0.25, 0.3) is 0 Å². The van der Waals surface area contributed by atoms with Crippen molar-refractivity contribution in [3.8, 4) is 0 Å². The summed E-state index contributed by atoms with van der Waals surface area (Å²) in [6, 6.07) is 0.223. The van der Waals surface area contributed by atoms with Gasteiger partial charge in [-0.1, -0.05) is 13.3 Å². The molecule has 120 valence electrons. The van der Waals surface area contributed by atoms with E-state index in [2.05, 4.69) is 12.2 Å². The molecule has 0 rings (SSSR count). The van der Waals surface area contributed by atoms with Crippen LogP contribution in [0.2, 0.25) is 0 Å². The smallest absolute Gasteiger partial charge is 0.237 e. The lowest BCUT2D eigenvalue weighted by atomic mass is 9.94. The first kappa shape index (κ1) is 19.4. The monoisotopic (exact) mass is 288 g/mol. The van der Waals surface area contributed by atoms with Gasteiger partial charge in [0.15, 0.2) is 0 Å². The molecule has 5 nitrogen and oxygen atoms in total. The van der Waals surface area contributed by atoms with Gasteiger partial charge in [-0.3, -0.25) is 4.79 Å². The van der Waals surface area contributed by atoms with Gasteiger partial charge in [-0.2, -0.15) is 0 Å². The molecule has 0 aliphatic carbocycles. The fourth-order valence-corrected chi connectivity index (χ4v) is 2.00. The van der Waals surface area contributed by atoms with Crippen LogP contribution in [0.1, 0.15) is 53.4 Å². The summed E-state index contributed by atoms with van der Waals surface area (Å²) in [6.45, 7) is 10.7. The van der Waals surface area contributed by atoms with E-state index in [0.29, 0.717) is 26.2 Å². The van der Waals surface area contributed by atoms with E-state index in [1.807, 2.05) is 20.8 Å². The SMILES string of the molecule is CCCCOCCOCCCC(C)(NC(C)C)C(N)=O. The third-order valence-corrected chi connectivity index (χ3v) is 3.13. The van der Waals surface area contributed by atoms with Gasteiger partial charge in [0, 0.05) is 19.3 Å². The summed E-state index contributed by atoms with van der Waals surface area (Å²) in [4.78, 5) is 11.5. The van der Waals surface area contributed by atoms with Crippen LogP contribution < -0.4 is 11.1 Å². The summed E-state index contributed by atoms with van der Waals surface area (Å²) in [5.74, 6) is -0.311. The number of nitrogens with one attached hydrogen (secondary N) is 1. The van der Waals surface area contributed by atoms with Gasteiger partial charge >= 0.3 is 0 Å². The van der Waals surface area contributed by atoms with Gasteiger partial charge in [0.1, 0.15) is 0 Å². The molecule has 0 saturated carbocycles. The number of unbranched alkanes of at least 4 members (excludes halogenated alkanes) is 1. The van der Waals surface area contributed by atoms with Gasteiger partial charge in [-0.25, -0.2) is 0 Å². The zero-order valence-electron chi connectivity index (χ0n) is 13.5. The van der Waals surface area contributed by atoms with Gasteiger partial charge < -0.3 is 20.5 Å². The Morgan fingerprint density at radius 1 is 1.15 bits per heavy atom. The van der Waals surface area contributed by atoms with E-state index in [1.54, 1.807) is 0 Å². The zero-order chi connectivity index (χ0) is 15.4. The summed E-state index contributed by atoms with van der Waals surface area (Å²) in [7, 11) is 0. The van der Waals surface area contributed by atoms with Crippen LogP contribution >= 0.6 is 0 Å². The standard InChI is InChI=1S/C15H32N2O3/c1-5-6-9-19-11-12-20-10-7-8-15(4,14(16)18)17-13(2)3/h13,17H,5-12H2,1-4H3,(H2,16,18). The van der Waals surface area contributed by atoms with E-state index in [1.165, 1.54) is 0 Å². The number of hydrogen-bond donors (Lipinski definition) is 2. The normalized spacial score (nSPS) is 14.4. The van der Waals surface area contributed by atoms with Crippen LogP contribution in [0.4, 0.5) is 0 Å². The van der Waals surface area contributed by atoms with Crippen molar-refractivity contribution >= 4 is 5.91 Å². The van der Waals surface area contributed by atoms with Crippen LogP contribution in [-0.2, 0) is 14.3 Å². The van der Waals surface area contributed by atoms with Crippen LogP contribution in [0.3, 0.4) is 0 Å². The third-order valence-electron chi connectivity index (χ3n) is 3.13. The minimum Gasteiger partial charge on any atom is -0.379 e. The Morgan fingerprint density at radius 3 is 2.15 bits per heavy atom. The van der Waals surface area contributed by atoms with Gasteiger partial charge in [0.05, 0.1) is 18.8 Å². The minimum atomic E-state index is -0.658. The summed E-state index contributed by atoms with van der Waals surface area (Å²) in [6.07, 6.45) is 3.72. The predicted molar refractivity (Wildman–Crippen MR) is 81.7 cm³/mol. The van der Waals surface area contributed by atoms with Crippen LogP contribution in [0.15, 0.2) is 0 Å². The second-order valence-electron chi connectivity index (χ2n) is 5.68. The molecule has 0 bridgehead atoms. The highest BCUT2D eigenvalue weighted by Gasteiger charge is 2.30. The first-order chi connectivity index (χ1) is 9.42. The molecule has 0 fully saturated rings. The van der Waals surface area contributed by atoms with E-state index in [9.17, 15) is 4.79 Å². The molecule has 0 heterocycles. The van der Waals surface area contributed by atoms with Gasteiger partial charge in [-0.05, 0) is 40.0 Å². The fraction of sp³-hybridized carbons (Fsp3) is 0.933. The van der Waals surface area contributed by atoms with Crippen LogP contribution in [0.5, 0.6) is 0 Å². The van der Waals surface area contributed by atoms with Crippen molar-refractivity contribution in [3.05, 3.63) is 0 Å². The van der Waals surface area contributed by atoms with Crippen LogP contribution in [0.25, 0.3) is 0 Å². The third kappa shape index (κ3) is 9.28. The molecule has 1 amide bonds. The van der Waals surface area contributed by atoms with E-state index in [-0.39, 0.29) is 11.9 Å². The number of rotatable bonds is 13. The Hall–Kier alpha value is -0.650. The van der Waals surface area contributed by atoms with Crippen molar-refractivity contribution in [2.45, 2.75) is 65.0 Å². The molecule has 0 aromatic heterocycles. The second kappa shape index (κ2) is 11.1. The Morgan fingerprint density at radius 2 is 1.70 bits per heavy atom. The quantitative estimate of drug-likeness (QED) is 0.507. The molecular formula is C15H32N2O3. The number of hydrogen-bond acceptors (Lipinski definition) is 4. The first-order valence-corrected chi connectivity index (χ1v) is 7.65. The predicted octanol–water partition coefficient (Wildman–Crippen LogP) is 1.84. The summed E-state index contributed by atoms with van der Waals surface area (Å²) in [5.41, 5.74) is 4.81. The van der Waals surface area contributed by atoms with Crippen LogP contribution in [0, 0.1) is 0 Å².